The lowest BCUT2D eigenvalue weighted by atomic mass is 9.97. The van der Waals surface area contributed by atoms with Crippen LogP contribution in [0.3, 0.4) is 0 Å². The van der Waals surface area contributed by atoms with Gasteiger partial charge < -0.3 is 5.73 Å². The zero-order chi connectivity index (χ0) is 14.2. The molecule has 2 atom stereocenters. The van der Waals surface area contributed by atoms with Crippen molar-refractivity contribution in [2.75, 3.05) is 12.3 Å². The third-order valence-electron chi connectivity index (χ3n) is 3.62. The summed E-state index contributed by atoms with van der Waals surface area (Å²) in [5.41, 5.74) is 6.01. The highest BCUT2D eigenvalue weighted by Gasteiger charge is 2.35. The van der Waals surface area contributed by atoms with Crippen molar-refractivity contribution in [2.24, 2.45) is 5.92 Å². The predicted molar refractivity (Wildman–Crippen MR) is 77.6 cm³/mol. The maximum atomic E-state index is 12.7. The van der Waals surface area contributed by atoms with Crippen LogP contribution in [-0.4, -0.2) is 25.3 Å². The van der Waals surface area contributed by atoms with Crippen LogP contribution in [-0.2, 0) is 10.0 Å². The average Bonchev–Trinajstić information content (AvgIpc) is 2.31. The molecule has 2 unspecified atom stereocenters. The van der Waals surface area contributed by atoms with Crippen LogP contribution in [0.2, 0.25) is 5.02 Å². The van der Waals surface area contributed by atoms with Crippen molar-refractivity contribution >= 4 is 27.3 Å². The van der Waals surface area contributed by atoms with Gasteiger partial charge in [0.1, 0.15) is 4.90 Å². The SMILES string of the molecule is CC1CCC(C)N(S(=O)(=O)c2c(N)cccc2Cl)C1. The summed E-state index contributed by atoms with van der Waals surface area (Å²) >= 11 is 6.03. The highest BCUT2D eigenvalue weighted by Crippen LogP contribution is 2.34. The Kier molecular flexibility index (Phi) is 4.08. The second-order valence-corrected chi connectivity index (χ2v) is 7.50. The quantitative estimate of drug-likeness (QED) is 0.854. The van der Waals surface area contributed by atoms with Gasteiger partial charge in [0.25, 0.3) is 0 Å². The van der Waals surface area contributed by atoms with Gasteiger partial charge in [-0.05, 0) is 37.8 Å². The molecule has 2 N–H and O–H groups in total. The Morgan fingerprint density at radius 1 is 1.32 bits per heavy atom. The Bertz CT molecular complexity index is 554. The van der Waals surface area contributed by atoms with E-state index < -0.39 is 10.0 Å². The lowest BCUT2D eigenvalue weighted by Gasteiger charge is -2.36. The number of hydrogen-bond acceptors (Lipinski definition) is 3. The van der Waals surface area contributed by atoms with E-state index in [9.17, 15) is 8.42 Å². The molecule has 1 aromatic carbocycles. The van der Waals surface area contributed by atoms with Crippen LogP contribution < -0.4 is 5.73 Å². The number of nitrogens with two attached hydrogens (primary N) is 1. The first kappa shape index (κ1) is 14.6. The maximum absolute atomic E-state index is 12.7. The highest BCUT2D eigenvalue weighted by atomic mass is 35.5. The summed E-state index contributed by atoms with van der Waals surface area (Å²) < 4.78 is 27.0. The van der Waals surface area contributed by atoms with E-state index in [0.717, 1.165) is 12.8 Å². The van der Waals surface area contributed by atoms with E-state index in [0.29, 0.717) is 12.5 Å². The number of halogens is 1. The number of anilines is 1. The zero-order valence-electron chi connectivity index (χ0n) is 11.1. The van der Waals surface area contributed by atoms with E-state index in [1.165, 1.54) is 4.31 Å². The number of nitrogens with zero attached hydrogens (tertiary/aromatic N) is 1. The molecule has 4 nitrogen and oxygen atoms in total. The normalized spacial score (nSPS) is 25.4. The molecule has 1 saturated heterocycles. The van der Waals surface area contributed by atoms with E-state index in [4.69, 9.17) is 17.3 Å². The molecule has 6 heteroatoms. The van der Waals surface area contributed by atoms with Crippen LogP contribution >= 0.6 is 11.6 Å². The summed E-state index contributed by atoms with van der Waals surface area (Å²) in [5.74, 6) is 0.356. The number of rotatable bonds is 2. The fourth-order valence-electron chi connectivity index (χ4n) is 2.50. The molecule has 19 heavy (non-hydrogen) atoms. The van der Waals surface area contributed by atoms with Crippen molar-refractivity contribution in [2.45, 2.75) is 37.6 Å². The predicted octanol–water partition coefficient (Wildman–Crippen LogP) is 2.73. The number of hydrogen-bond donors (Lipinski definition) is 1. The van der Waals surface area contributed by atoms with Gasteiger partial charge in [-0.25, -0.2) is 8.42 Å². The van der Waals surface area contributed by atoms with Crippen LogP contribution in [0.1, 0.15) is 26.7 Å². The molecule has 0 aromatic heterocycles. The van der Waals surface area contributed by atoms with Gasteiger partial charge in [-0.3, -0.25) is 0 Å². The van der Waals surface area contributed by atoms with Crippen molar-refractivity contribution in [1.29, 1.82) is 0 Å². The lowest BCUT2D eigenvalue weighted by molar-refractivity contribution is 0.218. The first-order valence-electron chi connectivity index (χ1n) is 6.40. The van der Waals surface area contributed by atoms with Crippen molar-refractivity contribution in [3.8, 4) is 0 Å². The minimum Gasteiger partial charge on any atom is -0.398 e. The van der Waals surface area contributed by atoms with Crippen molar-refractivity contribution in [3.05, 3.63) is 23.2 Å². The van der Waals surface area contributed by atoms with Crippen molar-refractivity contribution < 1.29 is 8.42 Å². The molecule has 0 bridgehead atoms. The fourth-order valence-corrected chi connectivity index (χ4v) is 4.92. The summed E-state index contributed by atoms with van der Waals surface area (Å²) in [5, 5.41) is 0.186. The fraction of sp³-hybridized carbons (Fsp3) is 0.538. The summed E-state index contributed by atoms with van der Waals surface area (Å²) in [7, 11) is -3.63. The minimum atomic E-state index is -3.63. The second-order valence-electron chi connectivity index (χ2n) is 5.26. The Hall–Kier alpha value is -0.780. The van der Waals surface area contributed by atoms with Gasteiger partial charge in [-0.2, -0.15) is 4.31 Å². The van der Waals surface area contributed by atoms with Gasteiger partial charge >= 0.3 is 0 Å². The maximum Gasteiger partial charge on any atom is 0.246 e. The van der Waals surface area contributed by atoms with E-state index in [1.54, 1.807) is 18.2 Å². The van der Waals surface area contributed by atoms with E-state index in [-0.39, 0.29) is 21.6 Å². The lowest BCUT2D eigenvalue weighted by Crippen LogP contribution is -2.45. The molecule has 1 fully saturated rings. The molecule has 0 amide bonds. The summed E-state index contributed by atoms with van der Waals surface area (Å²) in [4.78, 5) is 0.0395. The molecule has 1 aromatic rings. The van der Waals surface area contributed by atoms with Gasteiger partial charge in [0.05, 0.1) is 10.7 Å². The van der Waals surface area contributed by atoms with Crippen molar-refractivity contribution in [1.82, 2.24) is 4.31 Å². The van der Waals surface area contributed by atoms with Crippen LogP contribution in [0.5, 0.6) is 0 Å². The van der Waals surface area contributed by atoms with E-state index in [1.807, 2.05) is 6.92 Å². The number of nitrogen functional groups attached to an aromatic ring is 1. The standard InChI is InChI=1S/C13H19ClN2O2S/c1-9-6-7-10(2)16(8-9)19(17,18)13-11(14)4-3-5-12(13)15/h3-5,9-10H,6-8,15H2,1-2H3. The summed E-state index contributed by atoms with van der Waals surface area (Å²) in [6.45, 7) is 4.51. The zero-order valence-corrected chi connectivity index (χ0v) is 12.7. The van der Waals surface area contributed by atoms with Gasteiger partial charge in [0.15, 0.2) is 0 Å². The topological polar surface area (TPSA) is 63.4 Å². The van der Waals surface area contributed by atoms with Crippen LogP contribution in [0.4, 0.5) is 5.69 Å². The van der Waals surface area contributed by atoms with Crippen LogP contribution in [0.15, 0.2) is 23.1 Å². The van der Waals surface area contributed by atoms with Gasteiger partial charge in [-0.15, -0.1) is 0 Å². The van der Waals surface area contributed by atoms with E-state index in [2.05, 4.69) is 6.92 Å². The third-order valence-corrected chi connectivity index (χ3v) is 6.15. The molecular formula is C13H19ClN2O2S. The monoisotopic (exact) mass is 302 g/mol. The number of sulfonamides is 1. The van der Waals surface area contributed by atoms with Gasteiger partial charge in [0.2, 0.25) is 10.0 Å². The Morgan fingerprint density at radius 2 is 2.00 bits per heavy atom. The number of benzene rings is 1. The van der Waals surface area contributed by atoms with Gasteiger partial charge in [0, 0.05) is 12.6 Å². The molecule has 0 spiro atoms. The Morgan fingerprint density at radius 3 is 2.63 bits per heavy atom. The summed E-state index contributed by atoms with van der Waals surface area (Å²) in [6, 6.07) is 4.76. The highest BCUT2D eigenvalue weighted by molar-refractivity contribution is 7.89. The first-order chi connectivity index (χ1) is 8.84. The molecule has 1 aliphatic rings. The van der Waals surface area contributed by atoms with Crippen LogP contribution in [0.25, 0.3) is 0 Å². The van der Waals surface area contributed by atoms with E-state index >= 15 is 0 Å². The Balaban J connectivity index is 2.47. The average molecular weight is 303 g/mol. The summed E-state index contributed by atoms with van der Waals surface area (Å²) in [6.07, 6.45) is 1.91. The number of piperidine rings is 1. The molecular weight excluding hydrogens is 284 g/mol. The second kappa shape index (κ2) is 5.31. The largest absolute Gasteiger partial charge is 0.398 e. The Labute approximate surface area is 119 Å². The van der Waals surface area contributed by atoms with Gasteiger partial charge in [-0.1, -0.05) is 24.6 Å². The smallest absolute Gasteiger partial charge is 0.246 e. The minimum absolute atomic E-state index is 0.0168. The molecule has 0 radical (unpaired) electrons. The first-order valence-corrected chi connectivity index (χ1v) is 8.21. The molecule has 0 aliphatic carbocycles. The van der Waals surface area contributed by atoms with Crippen molar-refractivity contribution in [3.63, 3.8) is 0 Å². The molecule has 0 saturated carbocycles. The molecule has 1 aliphatic heterocycles. The molecule has 2 rings (SSSR count). The molecule has 1 heterocycles. The molecule has 106 valence electrons. The van der Waals surface area contributed by atoms with Crippen LogP contribution in [0, 0.1) is 5.92 Å². The third kappa shape index (κ3) is 2.73.